The van der Waals surface area contributed by atoms with E-state index in [0.717, 1.165) is 22.0 Å². The van der Waals surface area contributed by atoms with Gasteiger partial charge in [-0.25, -0.2) is 4.98 Å². The number of para-hydroxylation sites is 3. The lowest BCUT2D eigenvalue weighted by Crippen LogP contribution is -2.34. The molecule has 8 heteroatoms. The van der Waals surface area contributed by atoms with Gasteiger partial charge in [-0.1, -0.05) is 41.9 Å². The number of amides is 1. The van der Waals surface area contributed by atoms with Crippen molar-refractivity contribution in [3.63, 3.8) is 0 Å². The number of nitrogens with one attached hydrogen (secondary N) is 2. The van der Waals surface area contributed by atoms with E-state index in [2.05, 4.69) is 15.6 Å². The minimum Gasteiger partial charge on any atom is -0.451 e. The van der Waals surface area contributed by atoms with Gasteiger partial charge < -0.3 is 14.2 Å². The fourth-order valence-corrected chi connectivity index (χ4v) is 3.82. The van der Waals surface area contributed by atoms with Crippen LogP contribution in [0.5, 0.6) is 0 Å². The van der Waals surface area contributed by atoms with Gasteiger partial charge in [0.05, 0.1) is 10.7 Å². The van der Waals surface area contributed by atoms with Crippen molar-refractivity contribution in [3.05, 3.63) is 83.1 Å². The largest absolute Gasteiger partial charge is 0.451 e. The van der Waals surface area contributed by atoms with Crippen molar-refractivity contribution in [1.82, 2.24) is 10.3 Å². The predicted octanol–water partition coefficient (Wildman–Crippen LogP) is 6.33. The van der Waals surface area contributed by atoms with Crippen molar-refractivity contribution < 1.29 is 13.6 Å². The normalized spacial score (nSPS) is 11.1. The standard InChI is InChI=1S/C24H16ClN3O3S/c1-13-15-6-2-4-8-19(15)30-21(13)22(29)28-24(32)27-18-12-14(10-11-16(18)25)23-26-17-7-3-5-9-20(17)31-23/h2-12H,1H3,(H2,27,28,29,32). The highest BCUT2D eigenvalue weighted by Crippen LogP contribution is 2.30. The Balaban J connectivity index is 1.36. The SMILES string of the molecule is Cc1c(C(=O)NC(=S)Nc2cc(-c3nc4ccccc4o3)ccc2Cl)oc2ccccc12. The maximum Gasteiger partial charge on any atom is 0.293 e. The molecule has 6 nitrogen and oxygen atoms in total. The van der Waals surface area contributed by atoms with Crippen LogP contribution in [0.25, 0.3) is 33.5 Å². The van der Waals surface area contributed by atoms with Crippen molar-refractivity contribution >= 4 is 62.6 Å². The first-order chi connectivity index (χ1) is 15.5. The van der Waals surface area contributed by atoms with Crippen LogP contribution in [0.3, 0.4) is 0 Å². The van der Waals surface area contributed by atoms with Crippen molar-refractivity contribution in [2.24, 2.45) is 0 Å². The Morgan fingerprint density at radius 3 is 2.53 bits per heavy atom. The van der Waals surface area contributed by atoms with Crippen LogP contribution in [0.4, 0.5) is 5.69 Å². The molecule has 158 valence electrons. The third kappa shape index (κ3) is 3.72. The second-order valence-corrected chi connectivity index (χ2v) is 7.96. The molecule has 0 aliphatic rings. The first-order valence-corrected chi connectivity index (χ1v) is 10.5. The third-order valence-electron chi connectivity index (χ3n) is 5.03. The zero-order chi connectivity index (χ0) is 22.2. The summed E-state index contributed by atoms with van der Waals surface area (Å²) in [6, 6.07) is 20.2. The number of anilines is 1. The number of oxazole rings is 1. The van der Waals surface area contributed by atoms with Crippen molar-refractivity contribution in [1.29, 1.82) is 0 Å². The maximum atomic E-state index is 12.7. The molecular weight excluding hydrogens is 446 g/mol. The van der Waals surface area contributed by atoms with E-state index in [1.165, 1.54) is 0 Å². The lowest BCUT2D eigenvalue weighted by atomic mass is 10.1. The number of aryl methyl sites for hydroxylation is 1. The molecule has 0 fully saturated rings. The number of halogens is 1. The zero-order valence-electron chi connectivity index (χ0n) is 16.8. The fourth-order valence-electron chi connectivity index (χ4n) is 3.45. The lowest BCUT2D eigenvalue weighted by Gasteiger charge is -2.11. The van der Waals surface area contributed by atoms with Crippen molar-refractivity contribution in [2.75, 3.05) is 5.32 Å². The molecule has 1 amide bonds. The van der Waals surface area contributed by atoms with Crippen LogP contribution >= 0.6 is 23.8 Å². The second-order valence-electron chi connectivity index (χ2n) is 7.14. The van der Waals surface area contributed by atoms with E-state index in [0.29, 0.717) is 27.8 Å². The molecule has 0 bridgehead atoms. The summed E-state index contributed by atoms with van der Waals surface area (Å²) in [7, 11) is 0. The molecule has 0 atom stereocenters. The highest BCUT2D eigenvalue weighted by atomic mass is 35.5. The molecular formula is C24H16ClN3O3S. The van der Waals surface area contributed by atoms with Gasteiger partial charge in [0.15, 0.2) is 16.5 Å². The number of fused-ring (bicyclic) bond motifs is 2. The number of carbonyl (C=O) groups is 1. The summed E-state index contributed by atoms with van der Waals surface area (Å²) in [6.45, 7) is 1.83. The van der Waals surface area contributed by atoms with E-state index in [9.17, 15) is 4.79 Å². The van der Waals surface area contributed by atoms with Gasteiger partial charge in [0, 0.05) is 16.5 Å². The Labute approximate surface area is 193 Å². The summed E-state index contributed by atoms with van der Waals surface area (Å²) in [5.74, 6) is 0.225. The first-order valence-electron chi connectivity index (χ1n) is 9.75. The van der Waals surface area contributed by atoms with Gasteiger partial charge in [0.25, 0.3) is 5.91 Å². The zero-order valence-corrected chi connectivity index (χ0v) is 18.4. The topological polar surface area (TPSA) is 80.3 Å². The number of nitrogens with zero attached hydrogens (tertiary/aromatic N) is 1. The van der Waals surface area contributed by atoms with Crippen molar-refractivity contribution in [2.45, 2.75) is 6.92 Å². The Kier molecular flexibility index (Phi) is 5.13. The molecule has 0 aliphatic carbocycles. The molecule has 0 saturated carbocycles. The Hall–Kier alpha value is -3.68. The van der Waals surface area contributed by atoms with Crippen molar-refractivity contribution in [3.8, 4) is 11.5 Å². The summed E-state index contributed by atoms with van der Waals surface area (Å²) in [6.07, 6.45) is 0. The number of thiocarbonyl (C=S) groups is 1. The van der Waals surface area contributed by atoms with E-state index in [1.807, 2.05) is 55.5 Å². The minimum atomic E-state index is -0.442. The molecule has 0 saturated heterocycles. The molecule has 5 rings (SSSR count). The number of aromatic nitrogens is 1. The van der Waals surface area contributed by atoms with E-state index >= 15 is 0 Å². The number of hydrogen-bond donors (Lipinski definition) is 2. The highest BCUT2D eigenvalue weighted by Gasteiger charge is 2.19. The van der Waals surface area contributed by atoms with Gasteiger partial charge in [-0.05, 0) is 55.5 Å². The van der Waals surface area contributed by atoms with Gasteiger partial charge in [0.2, 0.25) is 5.89 Å². The summed E-state index contributed by atoms with van der Waals surface area (Å²) < 4.78 is 11.5. The highest BCUT2D eigenvalue weighted by molar-refractivity contribution is 7.80. The summed E-state index contributed by atoms with van der Waals surface area (Å²) in [4.78, 5) is 17.2. The van der Waals surface area contributed by atoms with Crippen LogP contribution in [0.15, 0.2) is 75.6 Å². The monoisotopic (exact) mass is 461 g/mol. The van der Waals surface area contributed by atoms with Gasteiger partial charge in [-0.3, -0.25) is 10.1 Å². The molecule has 0 unspecified atom stereocenters. The Bertz CT molecular complexity index is 1470. The van der Waals surface area contributed by atoms with Gasteiger partial charge in [-0.2, -0.15) is 0 Å². The molecule has 0 radical (unpaired) electrons. The Morgan fingerprint density at radius 1 is 1.00 bits per heavy atom. The molecule has 0 aliphatic heterocycles. The molecule has 2 N–H and O–H groups in total. The number of furan rings is 1. The number of carbonyl (C=O) groups excluding carboxylic acids is 1. The average Bonchev–Trinajstić information content (AvgIpc) is 3.37. The average molecular weight is 462 g/mol. The number of rotatable bonds is 3. The quantitative estimate of drug-likeness (QED) is 0.305. The van der Waals surface area contributed by atoms with E-state index < -0.39 is 5.91 Å². The number of hydrogen-bond acceptors (Lipinski definition) is 5. The molecule has 2 aromatic heterocycles. The van der Waals surface area contributed by atoms with Crippen LogP contribution in [0, 0.1) is 6.92 Å². The van der Waals surface area contributed by atoms with Gasteiger partial charge >= 0.3 is 0 Å². The summed E-state index contributed by atoms with van der Waals surface area (Å²) in [5.41, 5.74) is 4.07. The molecule has 3 aromatic carbocycles. The number of benzene rings is 3. The smallest absolute Gasteiger partial charge is 0.293 e. The molecule has 0 spiro atoms. The molecule has 32 heavy (non-hydrogen) atoms. The second kappa shape index (κ2) is 8.11. The Morgan fingerprint density at radius 2 is 1.75 bits per heavy atom. The first kappa shape index (κ1) is 20.2. The molecule has 2 heterocycles. The van der Waals surface area contributed by atoms with Gasteiger partial charge in [0.1, 0.15) is 11.1 Å². The van der Waals surface area contributed by atoms with Crippen LogP contribution in [0.2, 0.25) is 5.02 Å². The van der Waals surface area contributed by atoms with Crippen LogP contribution in [-0.4, -0.2) is 16.0 Å². The van der Waals surface area contributed by atoms with E-state index in [4.69, 9.17) is 32.7 Å². The molecule has 5 aromatic rings. The third-order valence-corrected chi connectivity index (χ3v) is 5.57. The predicted molar refractivity (Wildman–Crippen MR) is 129 cm³/mol. The summed E-state index contributed by atoms with van der Waals surface area (Å²) >= 11 is 11.7. The van der Waals surface area contributed by atoms with Crippen LogP contribution in [-0.2, 0) is 0 Å². The summed E-state index contributed by atoms with van der Waals surface area (Å²) in [5, 5.41) is 7.01. The van der Waals surface area contributed by atoms with Gasteiger partial charge in [-0.15, -0.1) is 0 Å². The lowest BCUT2D eigenvalue weighted by molar-refractivity contribution is 0.0952. The maximum absolute atomic E-state index is 12.7. The van der Waals surface area contributed by atoms with Crippen LogP contribution < -0.4 is 10.6 Å². The minimum absolute atomic E-state index is 0.0893. The van der Waals surface area contributed by atoms with E-state index in [-0.39, 0.29) is 10.9 Å². The van der Waals surface area contributed by atoms with E-state index in [1.54, 1.807) is 18.2 Å². The fraction of sp³-hybridized carbons (Fsp3) is 0.0417. The van der Waals surface area contributed by atoms with Crippen LogP contribution in [0.1, 0.15) is 16.1 Å².